The molecule has 0 spiro atoms. The quantitative estimate of drug-likeness (QED) is 0.693. The molecule has 1 N–H and O–H groups in total. The molecule has 0 aliphatic carbocycles. The van der Waals surface area contributed by atoms with Gasteiger partial charge in [0, 0.05) is 22.1 Å². The first kappa shape index (κ1) is 20.8. The summed E-state index contributed by atoms with van der Waals surface area (Å²) in [5, 5.41) is 5.90. The number of hydrogen-bond donors (Lipinski definition) is 1. The van der Waals surface area contributed by atoms with Crippen molar-refractivity contribution in [1.29, 1.82) is 0 Å². The number of carbonyl (C=O) groups is 1. The molecule has 0 saturated carbocycles. The van der Waals surface area contributed by atoms with E-state index in [0.29, 0.717) is 16.9 Å². The van der Waals surface area contributed by atoms with Gasteiger partial charge in [-0.05, 0) is 27.7 Å². The maximum Gasteiger partial charge on any atom is 0.196 e. The van der Waals surface area contributed by atoms with Crippen molar-refractivity contribution in [1.82, 2.24) is 10.4 Å². The third-order valence-corrected chi connectivity index (χ3v) is 6.99. The Labute approximate surface area is 179 Å². The summed E-state index contributed by atoms with van der Waals surface area (Å²) >= 11 is 0. The minimum absolute atomic E-state index is 0.00659. The molecular weight excluding hydrogens is 372 g/mol. The van der Waals surface area contributed by atoms with Gasteiger partial charge in [-0.1, -0.05) is 81.4 Å². The fourth-order valence-corrected chi connectivity index (χ4v) is 4.63. The van der Waals surface area contributed by atoms with Crippen LogP contribution in [0.25, 0.3) is 5.76 Å². The number of ketones is 1. The number of hydroxylamine groups is 2. The zero-order valence-corrected chi connectivity index (χ0v) is 19.0. The van der Waals surface area contributed by atoms with Gasteiger partial charge < -0.3 is 4.84 Å². The second kappa shape index (κ2) is 6.53. The number of benzene rings is 2. The molecule has 0 bridgehead atoms. The Bertz CT molecular complexity index is 1000. The predicted octanol–water partition coefficient (Wildman–Crippen LogP) is 5.43. The Morgan fingerprint density at radius 2 is 1.43 bits per heavy atom. The standard InChI is InChI=1S/C26H32N2O2/c1-23(2,3)26-20(21(29)18-14-10-8-11-15-18)22(19-16-12-9-13-17-19)30-28(26)25(6,7)24(4,5)27-26/h8-17,27H,1-7H3. The van der Waals surface area contributed by atoms with E-state index >= 15 is 0 Å². The maximum atomic E-state index is 14.0. The average molecular weight is 405 g/mol. The van der Waals surface area contributed by atoms with Crippen molar-refractivity contribution in [3.63, 3.8) is 0 Å². The van der Waals surface area contributed by atoms with E-state index in [4.69, 9.17) is 4.84 Å². The number of hydrogen-bond acceptors (Lipinski definition) is 4. The fourth-order valence-electron chi connectivity index (χ4n) is 4.63. The van der Waals surface area contributed by atoms with Crippen LogP contribution in [-0.4, -0.2) is 27.6 Å². The van der Waals surface area contributed by atoms with E-state index in [1.54, 1.807) is 0 Å². The van der Waals surface area contributed by atoms with E-state index in [-0.39, 0.29) is 22.3 Å². The lowest BCUT2D eigenvalue weighted by molar-refractivity contribution is -0.198. The molecule has 0 radical (unpaired) electrons. The minimum atomic E-state index is -0.780. The summed E-state index contributed by atoms with van der Waals surface area (Å²) in [5.41, 5.74) is 0.492. The molecule has 1 atom stereocenters. The van der Waals surface area contributed by atoms with Crippen LogP contribution >= 0.6 is 0 Å². The zero-order valence-electron chi connectivity index (χ0n) is 19.0. The second-order valence-corrected chi connectivity index (χ2v) is 10.4. The second-order valence-electron chi connectivity index (χ2n) is 10.4. The molecule has 4 rings (SSSR count). The molecule has 2 aliphatic rings. The Kier molecular flexibility index (Phi) is 4.53. The normalized spacial score (nSPS) is 25.2. The number of carbonyl (C=O) groups excluding carboxylic acids is 1. The average Bonchev–Trinajstić information content (AvgIpc) is 3.11. The molecule has 1 saturated heterocycles. The van der Waals surface area contributed by atoms with Crippen molar-refractivity contribution in [2.45, 2.75) is 65.2 Å². The van der Waals surface area contributed by atoms with Crippen molar-refractivity contribution in [2.75, 3.05) is 0 Å². The van der Waals surface area contributed by atoms with Gasteiger partial charge in [-0.2, -0.15) is 0 Å². The monoisotopic (exact) mass is 404 g/mol. The van der Waals surface area contributed by atoms with Gasteiger partial charge in [0.25, 0.3) is 0 Å². The first-order valence-corrected chi connectivity index (χ1v) is 10.6. The van der Waals surface area contributed by atoms with Crippen molar-refractivity contribution >= 4 is 11.5 Å². The number of Topliss-reactive ketones (excluding diaryl/α,β-unsaturated/α-hetero) is 1. The molecule has 158 valence electrons. The first-order valence-electron chi connectivity index (χ1n) is 10.6. The van der Waals surface area contributed by atoms with Crippen molar-refractivity contribution in [2.24, 2.45) is 5.41 Å². The van der Waals surface area contributed by atoms with Crippen molar-refractivity contribution in [3.8, 4) is 0 Å². The van der Waals surface area contributed by atoms with E-state index in [9.17, 15) is 4.79 Å². The van der Waals surface area contributed by atoms with Crippen LogP contribution in [0.1, 0.15) is 64.4 Å². The van der Waals surface area contributed by atoms with E-state index in [1.807, 2.05) is 65.7 Å². The summed E-state index contributed by atoms with van der Waals surface area (Å²) < 4.78 is 0. The van der Waals surface area contributed by atoms with Gasteiger partial charge in [0.05, 0.1) is 11.1 Å². The lowest BCUT2D eigenvalue weighted by atomic mass is 9.73. The molecule has 30 heavy (non-hydrogen) atoms. The van der Waals surface area contributed by atoms with E-state index < -0.39 is 5.66 Å². The topological polar surface area (TPSA) is 41.6 Å². The Balaban J connectivity index is 2.04. The predicted molar refractivity (Wildman–Crippen MR) is 121 cm³/mol. The number of rotatable bonds is 3. The Hall–Kier alpha value is -2.43. The summed E-state index contributed by atoms with van der Waals surface area (Å²) in [6, 6.07) is 19.4. The van der Waals surface area contributed by atoms with Gasteiger partial charge in [0.15, 0.2) is 11.5 Å². The zero-order chi connectivity index (χ0) is 21.9. The maximum absolute atomic E-state index is 14.0. The molecule has 0 amide bonds. The van der Waals surface area contributed by atoms with Crippen LogP contribution in [0.4, 0.5) is 0 Å². The van der Waals surface area contributed by atoms with Crippen LogP contribution in [0, 0.1) is 5.41 Å². The molecule has 1 fully saturated rings. The number of nitrogens with one attached hydrogen (secondary N) is 1. The molecule has 2 heterocycles. The third-order valence-electron chi connectivity index (χ3n) is 6.99. The largest absolute Gasteiger partial charge is 0.402 e. The van der Waals surface area contributed by atoms with Gasteiger partial charge in [0.1, 0.15) is 5.66 Å². The SMILES string of the molecule is CC(C)(C)C12NC(C)(C)C(C)(C)N1OC(c1ccccc1)=C2C(=O)c1ccccc1. The summed E-state index contributed by atoms with van der Waals surface area (Å²) in [6.45, 7) is 15.2. The highest BCUT2D eigenvalue weighted by Gasteiger charge is 2.71. The van der Waals surface area contributed by atoms with Gasteiger partial charge in [-0.15, -0.1) is 5.06 Å². The van der Waals surface area contributed by atoms with Crippen LogP contribution in [0.15, 0.2) is 66.2 Å². The van der Waals surface area contributed by atoms with Gasteiger partial charge in [0.2, 0.25) is 0 Å². The van der Waals surface area contributed by atoms with Crippen molar-refractivity contribution < 1.29 is 9.63 Å². The Morgan fingerprint density at radius 1 is 0.900 bits per heavy atom. The molecule has 2 aliphatic heterocycles. The lowest BCUT2D eigenvalue weighted by Gasteiger charge is -2.45. The molecule has 2 aromatic carbocycles. The molecular formula is C26H32N2O2. The van der Waals surface area contributed by atoms with E-state index in [1.165, 1.54) is 0 Å². The van der Waals surface area contributed by atoms with Gasteiger partial charge in [-0.25, -0.2) is 0 Å². The summed E-state index contributed by atoms with van der Waals surface area (Å²) in [4.78, 5) is 20.7. The van der Waals surface area contributed by atoms with Crippen molar-refractivity contribution in [3.05, 3.63) is 77.4 Å². The van der Waals surface area contributed by atoms with Gasteiger partial charge in [-0.3, -0.25) is 10.1 Å². The summed E-state index contributed by atoms with van der Waals surface area (Å²) in [6.07, 6.45) is 0. The van der Waals surface area contributed by atoms with Crippen LogP contribution in [-0.2, 0) is 4.84 Å². The lowest BCUT2D eigenvalue weighted by Crippen LogP contribution is -2.62. The fraction of sp³-hybridized carbons (Fsp3) is 0.423. The van der Waals surface area contributed by atoms with Crippen LogP contribution < -0.4 is 5.32 Å². The van der Waals surface area contributed by atoms with Gasteiger partial charge >= 0.3 is 0 Å². The number of fused-ring (bicyclic) bond motifs is 1. The first-order chi connectivity index (χ1) is 13.9. The highest BCUT2D eigenvalue weighted by Crippen LogP contribution is 2.58. The van der Waals surface area contributed by atoms with Crippen LogP contribution in [0.5, 0.6) is 0 Å². The minimum Gasteiger partial charge on any atom is -0.402 e. The Morgan fingerprint density at radius 3 is 1.97 bits per heavy atom. The highest BCUT2D eigenvalue weighted by atomic mass is 16.7. The smallest absolute Gasteiger partial charge is 0.196 e. The highest BCUT2D eigenvalue weighted by molar-refractivity contribution is 6.14. The summed E-state index contributed by atoms with van der Waals surface area (Å²) in [5.74, 6) is 0.628. The number of nitrogens with zero attached hydrogens (tertiary/aromatic N) is 1. The molecule has 1 unspecified atom stereocenters. The molecule has 4 nitrogen and oxygen atoms in total. The van der Waals surface area contributed by atoms with Crippen LogP contribution in [0.2, 0.25) is 0 Å². The molecule has 4 heteroatoms. The third kappa shape index (κ3) is 2.70. The molecule has 0 aromatic heterocycles. The van der Waals surface area contributed by atoms with E-state index in [2.05, 4.69) is 53.8 Å². The summed E-state index contributed by atoms with van der Waals surface area (Å²) in [7, 11) is 0. The van der Waals surface area contributed by atoms with Crippen LogP contribution in [0.3, 0.4) is 0 Å². The van der Waals surface area contributed by atoms with E-state index in [0.717, 1.165) is 5.56 Å². The molecule has 2 aromatic rings.